The van der Waals surface area contributed by atoms with Gasteiger partial charge in [0.05, 0.1) is 0 Å². The van der Waals surface area contributed by atoms with E-state index in [1.807, 2.05) is 50.4 Å². The van der Waals surface area contributed by atoms with Crippen LogP contribution in [0.15, 0.2) is 40.8 Å². The quantitative estimate of drug-likeness (QED) is 0.780. The van der Waals surface area contributed by atoms with Crippen molar-refractivity contribution < 1.29 is 4.42 Å². The third kappa shape index (κ3) is 1.51. The summed E-state index contributed by atoms with van der Waals surface area (Å²) in [6, 6.07) is 12.1. The van der Waals surface area contributed by atoms with Crippen LogP contribution in [0.2, 0.25) is 0 Å². The number of benzene rings is 1. The van der Waals surface area contributed by atoms with Crippen LogP contribution < -0.4 is 5.32 Å². The predicted molar refractivity (Wildman–Crippen MR) is 58.4 cm³/mol. The van der Waals surface area contributed by atoms with Gasteiger partial charge in [-0.2, -0.15) is 0 Å². The molecule has 2 heteroatoms. The Hall–Kier alpha value is -1.70. The minimum Gasteiger partial charge on any atom is -0.461 e. The monoisotopic (exact) mass is 187 g/mol. The van der Waals surface area contributed by atoms with Crippen LogP contribution in [-0.2, 0) is 0 Å². The first-order valence-electron chi connectivity index (χ1n) is 4.65. The van der Waals surface area contributed by atoms with Crippen LogP contribution in [0.3, 0.4) is 0 Å². The number of aryl methyl sites for hydroxylation is 1. The van der Waals surface area contributed by atoms with E-state index in [4.69, 9.17) is 4.42 Å². The van der Waals surface area contributed by atoms with Gasteiger partial charge in [-0.25, -0.2) is 0 Å². The molecule has 0 unspecified atom stereocenters. The van der Waals surface area contributed by atoms with Crippen molar-refractivity contribution in [2.75, 3.05) is 12.4 Å². The topological polar surface area (TPSA) is 25.2 Å². The summed E-state index contributed by atoms with van der Waals surface area (Å²) in [5.41, 5.74) is 2.19. The van der Waals surface area contributed by atoms with Gasteiger partial charge in [0.1, 0.15) is 11.5 Å². The fourth-order valence-electron chi connectivity index (χ4n) is 1.50. The van der Waals surface area contributed by atoms with Crippen LogP contribution in [0.25, 0.3) is 11.3 Å². The summed E-state index contributed by atoms with van der Waals surface area (Å²) in [6.45, 7) is 1.95. The molecule has 0 aliphatic carbocycles. The summed E-state index contributed by atoms with van der Waals surface area (Å²) in [7, 11) is 1.91. The average molecular weight is 187 g/mol. The van der Waals surface area contributed by atoms with Crippen molar-refractivity contribution in [3.63, 3.8) is 0 Å². The van der Waals surface area contributed by atoms with Crippen molar-refractivity contribution in [2.24, 2.45) is 0 Å². The Bertz CT molecular complexity index is 431. The molecule has 0 spiro atoms. The molecule has 0 saturated heterocycles. The van der Waals surface area contributed by atoms with Crippen LogP contribution in [0.4, 0.5) is 5.69 Å². The summed E-state index contributed by atoms with van der Waals surface area (Å²) in [6.07, 6.45) is 0. The van der Waals surface area contributed by atoms with Crippen molar-refractivity contribution in [1.82, 2.24) is 0 Å². The zero-order chi connectivity index (χ0) is 9.97. The molecule has 2 rings (SSSR count). The zero-order valence-electron chi connectivity index (χ0n) is 8.37. The van der Waals surface area contributed by atoms with E-state index >= 15 is 0 Å². The highest BCUT2D eigenvalue weighted by Gasteiger charge is 2.05. The Labute approximate surface area is 83.6 Å². The molecule has 0 saturated carbocycles. The molecule has 14 heavy (non-hydrogen) atoms. The molecule has 1 aromatic heterocycles. The van der Waals surface area contributed by atoms with Gasteiger partial charge in [0, 0.05) is 18.3 Å². The molecule has 2 aromatic rings. The summed E-state index contributed by atoms with van der Waals surface area (Å²) in [5.74, 6) is 1.85. The van der Waals surface area contributed by atoms with Crippen LogP contribution in [0.1, 0.15) is 5.76 Å². The highest BCUT2D eigenvalue weighted by atomic mass is 16.3. The minimum atomic E-state index is 0.910. The SMILES string of the molecule is CNc1ccccc1-c1ccc(C)o1. The highest BCUT2D eigenvalue weighted by Crippen LogP contribution is 2.28. The fourth-order valence-corrected chi connectivity index (χ4v) is 1.50. The van der Waals surface area contributed by atoms with Gasteiger partial charge in [0.2, 0.25) is 0 Å². The van der Waals surface area contributed by atoms with Crippen LogP contribution in [0.5, 0.6) is 0 Å². The van der Waals surface area contributed by atoms with Crippen molar-refractivity contribution in [2.45, 2.75) is 6.92 Å². The van der Waals surface area contributed by atoms with E-state index in [1.54, 1.807) is 0 Å². The van der Waals surface area contributed by atoms with Crippen LogP contribution in [-0.4, -0.2) is 7.05 Å². The third-order valence-electron chi connectivity index (χ3n) is 2.20. The summed E-state index contributed by atoms with van der Waals surface area (Å²) >= 11 is 0. The second-order valence-electron chi connectivity index (χ2n) is 3.21. The molecule has 2 nitrogen and oxygen atoms in total. The Kier molecular flexibility index (Phi) is 2.27. The molecule has 0 fully saturated rings. The van der Waals surface area contributed by atoms with E-state index < -0.39 is 0 Å². The molecular weight excluding hydrogens is 174 g/mol. The number of hydrogen-bond donors (Lipinski definition) is 1. The average Bonchev–Trinajstić information content (AvgIpc) is 2.65. The van der Waals surface area contributed by atoms with Gasteiger partial charge < -0.3 is 9.73 Å². The number of nitrogens with one attached hydrogen (secondary N) is 1. The van der Waals surface area contributed by atoms with Gasteiger partial charge in [-0.3, -0.25) is 0 Å². The first-order valence-corrected chi connectivity index (χ1v) is 4.65. The lowest BCUT2D eigenvalue weighted by Crippen LogP contribution is -1.90. The largest absolute Gasteiger partial charge is 0.461 e. The second-order valence-corrected chi connectivity index (χ2v) is 3.21. The van der Waals surface area contributed by atoms with Gasteiger partial charge in [-0.05, 0) is 31.2 Å². The van der Waals surface area contributed by atoms with Crippen LogP contribution in [0, 0.1) is 6.92 Å². The minimum absolute atomic E-state index is 0.910. The number of anilines is 1. The molecular formula is C12H13NO. The number of rotatable bonds is 2. The number of furan rings is 1. The molecule has 1 N–H and O–H groups in total. The lowest BCUT2D eigenvalue weighted by Gasteiger charge is -2.05. The van der Waals surface area contributed by atoms with E-state index in [0.717, 1.165) is 22.8 Å². The molecule has 0 atom stereocenters. The third-order valence-corrected chi connectivity index (χ3v) is 2.20. The molecule has 1 aromatic carbocycles. The summed E-state index contributed by atoms with van der Waals surface area (Å²) in [4.78, 5) is 0. The Balaban J connectivity index is 2.50. The number of para-hydroxylation sites is 1. The number of hydrogen-bond acceptors (Lipinski definition) is 2. The van der Waals surface area contributed by atoms with E-state index in [0.29, 0.717) is 0 Å². The van der Waals surface area contributed by atoms with E-state index in [-0.39, 0.29) is 0 Å². The maximum Gasteiger partial charge on any atom is 0.136 e. The Morgan fingerprint density at radius 3 is 2.50 bits per heavy atom. The smallest absolute Gasteiger partial charge is 0.136 e. The molecule has 0 amide bonds. The maximum atomic E-state index is 5.57. The lowest BCUT2D eigenvalue weighted by molar-refractivity contribution is 0.548. The van der Waals surface area contributed by atoms with Crippen LogP contribution >= 0.6 is 0 Å². The molecule has 0 radical (unpaired) electrons. The summed E-state index contributed by atoms with van der Waals surface area (Å²) in [5, 5.41) is 3.14. The van der Waals surface area contributed by atoms with Gasteiger partial charge in [-0.1, -0.05) is 12.1 Å². The van der Waals surface area contributed by atoms with Gasteiger partial charge >= 0.3 is 0 Å². The van der Waals surface area contributed by atoms with Crippen molar-refractivity contribution in [1.29, 1.82) is 0 Å². The van der Waals surface area contributed by atoms with Crippen molar-refractivity contribution >= 4 is 5.69 Å². The van der Waals surface area contributed by atoms with Gasteiger partial charge in [0.15, 0.2) is 0 Å². The van der Waals surface area contributed by atoms with Gasteiger partial charge in [0.25, 0.3) is 0 Å². The Morgan fingerprint density at radius 2 is 1.86 bits per heavy atom. The summed E-state index contributed by atoms with van der Waals surface area (Å²) < 4.78 is 5.57. The van der Waals surface area contributed by atoms with E-state index in [9.17, 15) is 0 Å². The molecule has 1 heterocycles. The first kappa shape index (κ1) is 8.88. The molecule has 0 aliphatic heterocycles. The maximum absolute atomic E-state index is 5.57. The normalized spacial score (nSPS) is 10.1. The molecule has 0 aliphatic rings. The fraction of sp³-hybridized carbons (Fsp3) is 0.167. The predicted octanol–water partition coefficient (Wildman–Crippen LogP) is 3.30. The second kappa shape index (κ2) is 3.58. The lowest BCUT2D eigenvalue weighted by atomic mass is 10.1. The molecule has 0 bridgehead atoms. The van der Waals surface area contributed by atoms with Crippen molar-refractivity contribution in [3.8, 4) is 11.3 Å². The standard InChI is InChI=1S/C12H13NO/c1-9-7-8-12(14-9)10-5-3-4-6-11(10)13-2/h3-8,13H,1-2H3. The first-order chi connectivity index (χ1) is 6.81. The Morgan fingerprint density at radius 1 is 1.07 bits per heavy atom. The zero-order valence-corrected chi connectivity index (χ0v) is 8.37. The van der Waals surface area contributed by atoms with E-state index in [1.165, 1.54) is 0 Å². The van der Waals surface area contributed by atoms with Crippen molar-refractivity contribution in [3.05, 3.63) is 42.2 Å². The molecule has 72 valence electrons. The highest BCUT2D eigenvalue weighted by molar-refractivity contribution is 5.74. The van der Waals surface area contributed by atoms with E-state index in [2.05, 4.69) is 5.32 Å². The van der Waals surface area contributed by atoms with Gasteiger partial charge in [-0.15, -0.1) is 0 Å².